The topological polar surface area (TPSA) is 53.9 Å². The zero-order valence-electron chi connectivity index (χ0n) is 11.2. The zero-order chi connectivity index (χ0) is 13.8. The third kappa shape index (κ3) is 3.98. The van der Waals surface area contributed by atoms with E-state index in [1.165, 1.54) is 0 Å². The van der Waals surface area contributed by atoms with Crippen molar-refractivity contribution in [1.82, 2.24) is 20.1 Å². The largest absolute Gasteiger partial charge is 0.349 e. The van der Waals surface area contributed by atoms with Gasteiger partial charge in [0.2, 0.25) is 5.95 Å². The summed E-state index contributed by atoms with van der Waals surface area (Å²) in [6.45, 7) is 6.10. The van der Waals surface area contributed by atoms with E-state index in [0.717, 1.165) is 19.5 Å². The van der Waals surface area contributed by atoms with Gasteiger partial charge in [-0.3, -0.25) is 4.90 Å². The van der Waals surface area contributed by atoms with Gasteiger partial charge >= 0.3 is 0 Å². The van der Waals surface area contributed by atoms with E-state index in [2.05, 4.69) is 32.3 Å². The number of aryl methyl sites for hydroxylation is 1. The van der Waals surface area contributed by atoms with Gasteiger partial charge in [0, 0.05) is 25.6 Å². The van der Waals surface area contributed by atoms with Crippen LogP contribution in [0.2, 0.25) is 5.15 Å². The minimum atomic E-state index is -0.806. The van der Waals surface area contributed by atoms with Gasteiger partial charge in [0.15, 0.2) is 5.15 Å². The van der Waals surface area contributed by atoms with Crippen LogP contribution in [0, 0.1) is 6.92 Å². The lowest BCUT2D eigenvalue weighted by molar-refractivity contribution is 0.129. The highest BCUT2D eigenvalue weighted by Crippen LogP contribution is 2.17. The molecule has 7 heteroatoms. The minimum absolute atomic E-state index is 0.0117. The average molecular weight is 288 g/mol. The first-order chi connectivity index (χ1) is 9.08. The summed E-state index contributed by atoms with van der Waals surface area (Å²) in [5, 5.41) is 11.1. The predicted molar refractivity (Wildman–Crippen MR) is 73.2 cm³/mol. The summed E-state index contributed by atoms with van der Waals surface area (Å²) in [7, 11) is 0. The van der Waals surface area contributed by atoms with Gasteiger partial charge in [-0.25, -0.2) is 9.37 Å². The van der Waals surface area contributed by atoms with E-state index in [0.29, 0.717) is 29.8 Å². The Bertz CT molecular complexity index is 431. The van der Waals surface area contributed by atoms with Gasteiger partial charge in [-0.1, -0.05) is 18.5 Å². The number of nitrogens with zero attached hydrogens (tertiary/aromatic N) is 4. The summed E-state index contributed by atoms with van der Waals surface area (Å²) in [6, 6.07) is 0.0117. The Labute approximate surface area is 117 Å². The van der Waals surface area contributed by atoms with E-state index >= 15 is 0 Å². The number of hydrogen-bond acceptors (Lipinski definition) is 5. The third-order valence-electron chi connectivity index (χ3n) is 3.15. The van der Waals surface area contributed by atoms with Crippen LogP contribution in [0.4, 0.5) is 10.3 Å². The molecule has 1 fully saturated rings. The van der Waals surface area contributed by atoms with Crippen molar-refractivity contribution in [2.45, 2.75) is 38.9 Å². The van der Waals surface area contributed by atoms with E-state index in [1.807, 2.05) is 0 Å². The molecule has 0 bridgehead atoms. The lowest BCUT2D eigenvalue weighted by Gasteiger charge is -2.34. The highest BCUT2D eigenvalue weighted by atomic mass is 35.5. The molecule has 106 valence electrons. The Balaban J connectivity index is 1.99. The van der Waals surface area contributed by atoms with Crippen molar-refractivity contribution in [1.29, 1.82) is 0 Å². The molecule has 0 aliphatic carbocycles. The summed E-state index contributed by atoms with van der Waals surface area (Å²) in [5.74, 6) is 0.414. The molecule has 0 amide bonds. The Morgan fingerprint density at radius 3 is 2.89 bits per heavy atom. The van der Waals surface area contributed by atoms with E-state index in [9.17, 15) is 4.39 Å². The summed E-state index contributed by atoms with van der Waals surface area (Å²) in [5.41, 5.74) is 0.622. The summed E-state index contributed by atoms with van der Waals surface area (Å²) in [6.07, 6.45) is 0.696. The molecule has 1 aliphatic heterocycles. The summed E-state index contributed by atoms with van der Waals surface area (Å²) >= 11 is 5.78. The predicted octanol–water partition coefficient (Wildman–Crippen LogP) is 2.07. The van der Waals surface area contributed by atoms with Crippen LogP contribution < -0.4 is 5.32 Å². The smallest absolute Gasteiger partial charge is 0.243 e. The molecule has 1 aliphatic rings. The molecule has 19 heavy (non-hydrogen) atoms. The Morgan fingerprint density at radius 2 is 2.21 bits per heavy atom. The van der Waals surface area contributed by atoms with Crippen molar-refractivity contribution in [3.8, 4) is 0 Å². The first kappa shape index (κ1) is 14.4. The van der Waals surface area contributed by atoms with Crippen LogP contribution in [0.5, 0.6) is 0 Å². The van der Waals surface area contributed by atoms with Crippen molar-refractivity contribution >= 4 is 17.5 Å². The van der Waals surface area contributed by atoms with E-state index in [1.54, 1.807) is 6.92 Å². The van der Waals surface area contributed by atoms with Crippen LogP contribution in [0.1, 0.15) is 25.5 Å². The maximum absolute atomic E-state index is 13.7. The number of alkyl halides is 1. The number of aromatic nitrogens is 3. The number of anilines is 1. The molecule has 0 aromatic carbocycles. The molecular weight excluding hydrogens is 269 g/mol. The molecule has 1 aromatic heterocycles. The fraction of sp³-hybridized carbons (Fsp3) is 0.750. The lowest BCUT2D eigenvalue weighted by Crippen LogP contribution is -2.47. The minimum Gasteiger partial charge on any atom is -0.349 e. The fourth-order valence-corrected chi connectivity index (χ4v) is 2.44. The summed E-state index contributed by atoms with van der Waals surface area (Å²) in [4.78, 5) is 6.33. The van der Waals surface area contributed by atoms with Crippen LogP contribution in [-0.2, 0) is 0 Å². The highest BCUT2D eigenvalue weighted by Gasteiger charge is 2.27. The summed E-state index contributed by atoms with van der Waals surface area (Å²) < 4.78 is 13.7. The van der Waals surface area contributed by atoms with Gasteiger partial charge < -0.3 is 5.32 Å². The molecule has 0 radical (unpaired) electrons. The second-order valence-electron chi connectivity index (χ2n) is 4.95. The molecule has 1 aromatic rings. The third-order valence-corrected chi connectivity index (χ3v) is 3.50. The molecule has 0 unspecified atom stereocenters. The molecule has 2 atom stereocenters. The lowest BCUT2D eigenvalue weighted by atomic mass is 10.0. The normalized spacial score (nSPS) is 24.4. The average Bonchev–Trinajstić information content (AvgIpc) is 2.33. The van der Waals surface area contributed by atoms with Crippen molar-refractivity contribution in [2.75, 3.05) is 25.0 Å². The second-order valence-corrected chi connectivity index (χ2v) is 5.30. The van der Waals surface area contributed by atoms with Crippen LogP contribution in [0.15, 0.2) is 0 Å². The van der Waals surface area contributed by atoms with Crippen LogP contribution in [-0.4, -0.2) is 51.9 Å². The van der Waals surface area contributed by atoms with Gasteiger partial charge in [0.25, 0.3) is 0 Å². The SMILES string of the molecule is CCCN1C[C@H](F)C[C@@H](Nc2nnc(Cl)c(C)n2)C1. The molecule has 2 rings (SSSR count). The van der Waals surface area contributed by atoms with Crippen LogP contribution >= 0.6 is 11.6 Å². The van der Waals surface area contributed by atoms with Crippen molar-refractivity contribution in [2.24, 2.45) is 0 Å². The van der Waals surface area contributed by atoms with Crippen LogP contribution in [0.3, 0.4) is 0 Å². The molecule has 0 spiro atoms. The van der Waals surface area contributed by atoms with Gasteiger partial charge in [0.05, 0.1) is 5.69 Å². The number of piperidine rings is 1. The second kappa shape index (κ2) is 6.43. The Kier molecular flexibility index (Phi) is 4.87. The number of nitrogens with one attached hydrogen (secondary N) is 1. The zero-order valence-corrected chi connectivity index (χ0v) is 12.0. The maximum Gasteiger partial charge on any atom is 0.243 e. The van der Waals surface area contributed by atoms with Gasteiger partial charge in [-0.2, -0.15) is 0 Å². The molecule has 0 saturated carbocycles. The van der Waals surface area contributed by atoms with Crippen molar-refractivity contribution in [3.05, 3.63) is 10.8 Å². The van der Waals surface area contributed by atoms with Gasteiger partial charge in [-0.15, -0.1) is 10.2 Å². The number of hydrogen-bond donors (Lipinski definition) is 1. The molecule has 1 N–H and O–H groups in total. The van der Waals surface area contributed by atoms with Crippen molar-refractivity contribution < 1.29 is 4.39 Å². The first-order valence-electron chi connectivity index (χ1n) is 6.58. The van der Waals surface area contributed by atoms with Crippen molar-refractivity contribution in [3.63, 3.8) is 0 Å². The van der Waals surface area contributed by atoms with E-state index in [4.69, 9.17) is 11.6 Å². The first-order valence-corrected chi connectivity index (χ1v) is 6.96. The maximum atomic E-state index is 13.7. The highest BCUT2D eigenvalue weighted by molar-refractivity contribution is 6.29. The number of rotatable bonds is 4. The van der Waals surface area contributed by atoms with E-state index in [-0.39, 0.29) is 6.04 Å². The molecule has 1 saturated heterocycles. The molecular formula is C12H19ClFN5. The monoisotopic (exact) mass is 287 g/mol. The fourth-order valence-electron chi connectivity index (χ4n) is 2.36. The van der Waals surface area contributed by atoms with Gasteiger partial charge in [0.1, 0.15) is 6.17 Å². The van der Waals surface area contributed by atoms with E-state index < -0.39 is 6.17 Å². The molecule has 5 nitrogen and oxygen atoms in total. The van der Waals surface area contributed by atoms with Gasteiger partial charge in [-0.05, 0) is 19.9 Å². The number of halogens is 2. The molecule has 2 heterocycles. The van der Waals surface area contributed by atoms with Crippen LogP contribution in [0.25, 0.3) is 0 Å². The Hall–Kier alpha value is -1.01. The Morgan fingerprint density at radius 1 is 1.42 bits per heavy atom. The standard InChI is InChI=1S/C12H19ClFN5/c1-3-4-19-6-9(14)5-10(7-19)16-12-15-8(2)11(13)17-18-12/h9-10H,3-7H2,1-2H3,(H,15,16,18)/t9-,10-/m1/s1. The number of likely N-dealkylation sites (tertiary alicyclic amines) is 1. The quantitative estimate of drug-likeness (QED) is 0.919.